The lowest BCUT2D eigenvalue weighted by molar-refractivity contribution is -0.145. The van der Waals surface area contributed by atoms with Gasteiger partial charge in [0.15, 0.2) is 11.5 Å². The van der Waals surface area contributed by atoms with Crippen LogP contribution in [0.2, 0.25) is 0 Å². The maximum absolute atomic E-state index is 12.0. The summed E-state index contributed by atoms with van der Waals surface area (Å²) in [6.07, 6.45) is 4.93. The first-order chi connectivity index (χ1) is 11.2. The van der Waals surface area contributed by atoms with Gasteiger partial charge in [-0.05, 0) is 43.4 Å². The van der Waals surface area contributed by atoms with E-state index in [1.54, 1.807) is 7.11 Å². The predicted octanol–water partition coefficient (Wildman–Crippen LogP) is 2.49. The van der Waals surface area contributed by atoms with Crippen molar-refractivity contribution in [1.29, 1.82) is 0 Å². The van der Waals surface area contributed by atoms with E-state index in [0.29, 0.717) is 6.54 Å². The molecule has 0 bridgehead atoms. The average molecular weight is 319 g/mol. The van der Waals surface area contributed by atoms with Crippen LogP contribution in [0.5, 0.6) is 11.5 Å². The number of carbonyl (C=O) groups excluding carboxylic acids is 1. The Morgan fingerprint density at radius 3 is 2.61 bits per heavy atom. The Hall–Kier alpha value is -1.75. The monoisotopic (exact) mass is 319 g/mol. The summed E-state index contributed by atoms with van der Waals surface area (Å²) in [4.78, 5) is 12.0. The van der Waals surface area contributed by atoms with Gasteiger partial charge in [0.05, 0.1) is 26.2 Å². The Balaban J connectivity index is 1.83. The molecule has 126 valence electrons. The van der Waals surface area contributed by atoms with Crippen molar-refractivity contribution < 1.29 is 19.0 Å². The minimum Gasteiger partial charge on any atom is -0.493 e. The van der Waals surface area contributed by atoms with E-state index in [4.69, 9.17) is 14.2 Å². The van der Waals surface area contributed by atoms with Crippen LogP contribution in [0, 0.1) is 5.92 Å². The number of rotatable bonds is 5. The van der Waals surface area contributed by atoms with E-state index in [1.165, 1.54) is 20.0 Å². The molecule has 1 N–H and O–H groups in total. The molecule has 3 rings (SSSR count). The van der Waals surface area contributed by atoms with Crippen LogP contribution in [0.4, 0.5) is 0 Å². The van der Waals surface area contributed by atoms with Crippen molar-refractivity contribution in [1.82, 2.24) is 5.32 Å². The van der Waals surface area contributed by atoms with Gasteiger partial charge in [0, 0.05) is 19.0 Å². The van der Waals surface area contributed by atoms with Crippen molar-refractivity contribution in [3.63, 3.8) is 0 Å². The molecule has 0 radical (unpaired) electrons. The first-order valence-electron chi connectivity index (χ1n) is 8.36. The van der Waals surface area contributed by atoms with E-state index < -0.39 is 0 Å². The molecule has 1 heterocycles. The molecule has 0 spiro atoms. The van der Waals surface area contributed by atoms with Crippen LogP contribution in [0.3, 0.4) is 0 Å². The predicted molar refractivity (Wildman–Crippen MR) is 87.0 cm³/mol. The number of nitrogens with one attached hydrogen (secondary N) is 1. The Morgan fingerprint density at radius 1 is 1.13 bits per heavy atom. The highest BCUT2D eigenvalue weighted by molar-refractivity contribution is 5.74. The summed E-state index contributed by atoms with van der Waals surface area (Å²) < 4.78 is 16.5. The van der Waals surface area contributed by atoms with Gasteiger partial charge in [0.2, 0.25) is 0 Å². The fourth-order valence-electron chi connectivity index (χ4n) is 3.63. The summed E-state index contributed by atoms with van der Waals surface area (Å²) in [5.41, 5.74) is 1.10. The van der Waals surface area contributed by atoms with Crippen molar-refractivity contribution in [2.24, 2.45) is 5.92 Å². The maximum Gasteiger partial charge on any atom is 0.310 e. The second-order valence-electron chi connectivity index (χ2n) is 6.33. The van der Waals surface area contributed by atoms with Gasteiger partial charge < -0.3 is 19.5 Å². The standard InChI is InChI=1S/C18H25NO4/c1-21-16-8-7-12(9-17(16)23-13-5-3-4-6-13)14-10-19-11-15(14)18(20)22-2/h7-9,13-15,19H,3-6,10-11H2,1-2H3/t14-,15+/m0/s1. The van der Waals surface area contributed by atoms with Crippen LogP contribution in [0.25, 0.3) is 0 Å². The van der Waals surface area contributed by atoms with Crippen LogP contribution in [0.1, 0.15) is 37.2 Å². The zero-order valence-electron chi connectivity index (χ0n) is 13.8. The average Bonchev–Trinajstić information content (AvgIpc) is 3.25. The molecule has 0 aromatic heterocycles. The van der Waals surface area contributed by atoms with Gasteiger partial charge in [-0.1, -0.05) is 6.07 Å². The second kappa shape index (κ2) is 7.21. The minimum absolute atomic E-state index is 0.110. The Morgan fingerprint density at radius 2 is 1.91 bits per heavy atom. The Labute approximate surface area is 137 Å². The fourth-order valence-corrected chi connectivity index (χ4v) is 3.63. The molecule has 1 aromatic rings. The molecule has 23 heavy (non-hydrogen) atoms. The zero-order valence-corrected chi connectivity index (χ0v) is 13.8. The summed E-state index contributed by atoms with van der Waals surface area (Å²) in [6.45, 7) is 1.43. The quantitative estimate of drug-likeness (QED) is 0.845. The number of benzene rings is 1. The van der Waals surface area contributed by atoms with E-state index in [2.05, 4.69) is 5.32 Å². The normalized spacial score (nSPS) is 24.6. The molecule has 1 aliphatic heterocycles. The van der Waals surface area contributed by atoms with Crippen LogP contribution in [0.15, 0.2) is 18.2 Å². The molecular weight excluding hydrogens is 294 g/mol. The first kappa shape index (κ1) is 16.1. The fraction of sp³-hybridized carbons (Fsp3) is 0.611. The second-order valence-corrected chi connectivity index (χ2v) is 6.33. The lowest BCUT2D eigenvalue weighted by Crippen LogP contribution is -2.23. The molecule has 0 unspecified atom stereocenters. The summed E-state index contributed by atoms with van der Waals surface area (Å²) in [5.74, 6) is 1.34. The highest BCUT2D eigenvalue weighted by Gasteiger charge is 2.35. The van der Waals surface area contributed by atoms with Crippen LogP contribution in [-0.4, -0.2) is 39.4 Å². The first-order valence-corrected chi connectivity index (χ1v) is 8.36. The number of carbonyl (C=O) groups is 1. The molecule has 5 nitrogen and oxygen atoms in total. The summed E-state index contributed by atoms with van der Waals surface area (Å²) in [5, 5.41) is 3.28. The molecule has 2 atom stereocenters. The van der Waals surface area contributed by atoms with Crippen molar-refractivity contribution >= 4 is 5.97 Å². The zero-order chi connectivity index (χ0) is 16.2. The van der Waals surface area contributed by atoms with Crippen molar-refractivity contribution in [3.05, 3.63) is 23.8 Å². The van der Waals surface area contributed by atoms with Crippen LogP contribution >= 0.6 is 0 Å². The molecule has 1 saturated carbocycles. The Kier molecular flexibility index (Phi) is 5.06. The molecule has 5 heteroatoms. The Bertz CT molecular complexity index is 554. The number of methoxy groups -OCH3 is 2. The van der Waals surface area contributed by atoms with Crippen molar-refractivity contribution in [2.75, 3.05) is 27.3 Å². The van der Waals surface area contributed by atoms with E-state index in [1.807, 2.05) is 18.2 Å². The molecule has 1 saturated heterocycles. The summed E-state index contributed by atoms with van der Waals surface area (Å²) in [6, 6.07) is 5.99. The number of ether oxygens (including phenoxy) is 3. The van der Waals surface area contributed by atoms with Gasteiger partial charge in [-0.15, -0.1) is 0 Å². The van der Waals surface area contributed by atoms with Crippen LogP contribution in [-0.2, 0) is 9.53 Å². The third-order valence-electron chi connectivity index (χ3n) is 4.93. The van der Waals surface area contributed by atoms with E-state index >= 15 is 0 Å². The summed E-state index contributed by atoms with van der Waals surface area (Å²) in [7, 11) is 3.10. The molecule has 1 aliphatic carbocycles. The highest BCUT2D eigenvalue weighted by atomic mass is 16.5. The number of hydrogen-bond donors (Lipinski definition) is 1. The molecular formula is C18H25NO4. The minimum atomic E-state index is -0.158. The molecule has 2 fully saturated rings. The van der Waals surface area contributed by atoms with Gasteiger partial charge in [-0.2, -0.15) is 0 Å². The third kappa shape index (κ3) is 3.44. The largest absolute Gasteiger partial charge is 0.493 e. The van der Waals surface area contributed by atoms with E-state index in [9.17, 15) is 4.79 Å². The van der Waals surface area contributed by atoms with E-state index in [-0.39, 0.29) is 23.9 Å². The molecule has 1 aromatic carbocycles. The molecule has 2 aliphatic rings. The van der Waals surface area contributed by atoms with Gasteiger partial charge in [0.25, 0.3) is 0 Å². The highest BCUT2D eigenvalue weighted by Crippen LogP contribution is 2.37. The lowest BCUT2D eigenvalue weighted by atomic mass is 9.89. The third-order valence-corrected chi connectivity index (χ3v) is 4.93. The SMILES string of the molecule is COC(=O)[C@@H]1CNC[C@H]1c1ccc(OC)c(OC2CCCC2)c1. The topological polar surface area (TPSA) is 56.8 Å². The van der Waals surface area contributed by atoms with E-state index in [0.717, 1.165) is 36.4 Å². The maximum atomic E-state index is 12.0. The number of hydrogen-bond acceptors (Lipinski definition) is 5. The van der Waals surface area contributed by atoms with Crippen LogP contribution < -0.4 is 14.8 Å². The van der Waals surface area contributed by atoms with Crippen molar-refractivity contribution in [3.8, 4) is 11.5 Å². The smallest absolute Gasteiger partial charge is 0.310 e. The molecule has 0 amide bonds. The number of esters is 1. The van der Waals surface area contributed by atoms with Crippen molar-refractivity contribution in [2.45, 2.75) is 37.7 Å². The lowest BCUT2D eigenvalue weighted by Gasteiger charge is -2.20. The van der Waals surface area contributed by atoms with Gasteiger partial charge in [-0.3, -0.25) is 4.79 Å². The van der Waals surface area contributed by atoms with Gasteiger partial charge in [0.1, 0.15) is 0 Å². The van der Waals surface area contributed by atoms with Gasteiger partial charge >= 0.3 is 5.97 Å². The van der Waals surface area contributed by atoms with Gasteiger partial charge in [-0.25, -0.2) is 0 Å². The summed E-state index contributed by atoms with van der Waals surface area (Å²) >= 11 is 0.